The summed E-state index contributed by atoms with van der Waals surface area (Å²) in [6.45, 7) is 2.38. The smallest absolute Gasteiger partial charge is 0.0300 e. The normalized spacial score (nSPS) is 17.3. The van der Waals surface area contributed by atoms with Crippen molar-refractivity contribution >= 4 is 11.8 Å². The molecular weight excluding hydrogens is 166 g/mol. The van der Waals surface area contributed by atoms with E-state index in [0.29, 0.717) is 0 Å². The zero-order valence-electron chi connectivity index (χ0n) is 6.99. The Morgan fingerprint density at radius 1 is 1.25 bits per heavy atom. The number of thioether (sulfide) groups is 1. The molecule has 0 unspecified atom stereocenters. The van der Waals surface area contributed by atoms with Crippen LogP contribution in [0.15, 0.2) is 30.3 Å². The van der Waals surface area contributed by atoms with E-state index in [1.165, 1.54) is 18.7 Å². The molecule has 64 valence electrons. The van der Waals surface area contributed by atoms with Crippen LogP contribution in [0.2, 0.25) is 0 Å². The van der Waals surface area contributed by atoms with Crippen LogP contribution >= 0.6 is 11.8 Å². The Morgan fingerprint density at radius 2 is 2.00 bits per heavy atom. The molecule has 0 bridgehead atoms. The van der Waals surface area contributed by atoms with Crippen LogP contribution in [0.5, 0.6) is 0 Å². The molecule has 1 fully saturated rings. The van der Waals surface area contributed by atoms with E-state index in [-0.39, 0.29) is 0 Å². The summed E-state index contributed by atoms with van der Waals surface area (Å²) in [5.41, 5.74) is 1.44. The Hall–Kier alpha value is -0.470. The van der Waals surface area contributed by atoms with Crippen LogP contribution in [0.25, 0.3) is 0 Å². The topological polar surface area (TPSA) is 12.0 Å². The van der Waals surface area contributed by atoms with Crippen molar-refractivity contribution in [1.82, 2.24) is 5.32 Å². The number of rotatable bonds is 3. The predicted molar refractivity (Wildman–Crippen MR) is 54.4 cm³/mol. The van der Waals surface area contributed by atoms with Crippen LogP contribution in [0.3, 0.4) is 0 Å². The van der Waals surface area contributed by atoms with E-state index in [0.717, 1.165) is 11.0 Å². The van der Waals surface area contributed by atoms with Gasteiger partial charge in [-0.25, -0.2) is 0 Å². The molecule has 12 heavy (non-hydrogen) atoms. The third kappa shape index (κ3) is 2.02. The van der Waals surface area contributed by atoms with Gasteiger partial charge in [-0.15, -0.1) is 0 Å². The van der Waals surface area contributed by atoms with E-state index < -0.39 is 0 Å². The molecule has 0 spiro atoms. The van der Waals surface area contributed by atoms with Gasteiger partial charge in [0.1, 0.15) is 0 Å². The van der Waals surface area contributed by atoms with Crippen LogP contribution < -0.4 is 5.32 Å². The molecule has 1 saturated heterocycles. The highest BCUT2D eigenvalue weighted by Gasteiger charge is 2.16. The van der Waals surface area contributed by atoms with Crippen molar-refractivity contribution < 1.29 is 0 Å². The third-order valence-electron chi connectivity index (χ3n) is 2.07. The summed E-state index contributed by atoms with van der Waals surface area (Å²) >= 11 is 2.05. The van der Waals surface area contributed by atoms with Gasteiger partial charge in [-0.3, -0.25) is 0 Å². The molecular formula is C10H13NS. The van der Waals surface area contributed by atoms with Crippen molar-refractivity contribution in [3.63, 3.8) is 0 Å². The Bertz CT molecular complexity index is 231. The molecule has 0 amide bonds. The quantitative estimate of drug-likeness (QED) is 0.760. The average Bonchev–Trinajstić information content (AvgIpc) is 2.04. The van der Waals surface area contributed by atoms with Gasteiger partial charge < -0.3 is 5.32 Å². The maximum atomic E-state index is 3.28. The van der Waals surface area contributed by atoms with Gasteiger partial charge in [-0.05, 0) is 5.56 Å². The largest absolute Gasteiger partial charge is 0.314 e. The van der Waals surface area contributed by atoms with Crippen molar-refractivity contribution in [2.45, 2.75) is 11.0 Å². The first kappa shape index (κ1) is 8.14. The van der Waals surface area contributed by atoms with Crippen LogP contribution in [-0.2, 0) is 5.75 Å². The van der Waals surface area contributed by atoms with Crippen molar-refractivity contribution in [2.24, 2.45) is 0 Å². The molecule has 0 aliphatic carbocycles. The summed E-state index contributed by atoms with van der Waals surface area (Å²) in [4.78, 5) is 0. The molecule has 1 aliphatic heterocycles. The van der Waals surface area contributed by atoms with E-state index in [1.54, 1.807) is 0 Å². The van der Waals surface area contributed by atoms with Crippen LogP contribution in [0.1, 0.15) is 5.56 Å². The second kappa shape index (κ2) is 3.97. The van der Waals surface area contributed by atoms with Crippen LogP contribution in [0, 0.1) is 0 Å². The number of hydrogen-bond acceptors (Lipinski definition) is 2. The first-order chi connectivity index (χ1) is 5.95. The van der Waals surface area contributed by atoms with Gasteiger partial charge in [0.25, 0.3) is 0 Å². The van der Waals surface area contributed by atoms with Crippen molar-refractivity contribution in [3.05, 3.63) is 35.9 Å². The molecule has 0 radical (unpaired) electrons. The molecule has 0 aromatic heterocycles. The highest BCUT2D eigenvalue weighted by molar-refractivity contribution is 7.99. The van der Waals surface area contributed by atoms with Crippen molar-refractivity contribution in [1.29, 1.82) is 0 Å². The first-order valence-electron chi connectivity index (χ1n) is 4.31. The van der Waals surface area contributed by atoms with Crippen molar-refractivity contribution in [2.75, 3.05) is 13.1 Å². The van der Waals surface area contributed by atoms with Crippen LogP contribution in [0.4, 0.5) is 0 Å². The Balaban J connectivity index is 1.79. The molecule has 2 heteroatoms. The van der Waals surface area contributed by atoms with E-state index in [4.69, 9.17) is 0 Å². The SMILES string of the molecule is c1ccc(CSC2CNC2)cc1. The van der Waals surface area contributed by atoms with Gasteiger partial charge in [0.15, 0.2) is 0 Å². The van der Waals surface area contributed by atoms with E-state index in [2.05, 4.69) is 47.4 Å². The summed E-state index contributed by atoms with van der Waals surface area (Å²) in [6.07, 6.45) is 0. The third-order valence-corrected chi connectivity index (χ3v) is 3.38. The Morgan fingerprint density at radius 3 is 2.58 bits per heavy atom. The lowest BCUT2D eigenvalue weighted by Crippen LogP contribution is -2.44. The summed E-state index contributed by atoms with van der Waals surface area (Å²) in [5, 5.41) is 4.13. The fourth-order valence-electron chi connectivity index (χ4n) is 1.17. The fraction of sp³-hybridized carbons (Fsp3) is 0.400. The van der Waals surface area contributed by atoms with E-state index in [1.807, 2.05) is 0 Å². The second-order valence-corrected chi connectivity index (χ2v) is 4.37. The van der Waals surface area contributed by atoms with Gasteiger partial charge in [-0.1, -0.05) is 30.3 Å². The number of hydrogen-bond donors (Lipinski definition) is 1. The zero-order valence-corrected chi connectivity index (χ0v) is 7.81. The summed E-state index contributed by atoms with van der Waals surface area (Å²) in [7, 11) is 0. The van der Waals surface area contributed by atoms with Gasteiger partial charge in [0.2, 0.25) is 0 Å². The molecule has 0 saturated carbocycles. The minimum atomic E-state index is 0.852. The summed E-state index contributed by atoms with van der Waals surface area (Å²) in [6, 6.07) is 10.7. The zero-order chi connectivity index (χ0) is 8.23. The predicted octanol–water partition coefficient (Wildman–Crippen LogP) is 1.89. The molecule has 1 aromatic carbocycles. The lowest BCUT2D eigenvalue weighted by atomic mass is 10.2. The lowest BCUT2D eigenvalue weighted by Gasteiger charge is -2.26. The Kier molecular flexibility index (Phi) is 2.69. The Labute approximate surface area is 77.6 Å². The highest BCUT2D eigenvalue weighted by Crippen LogP contribution is 2.19. The molecule has 0 atom stereocenters. The molecule has 1 heterocycles. The van der Waals surface area contributed by atoms with Gasteiger partial charge in [0.05, 0.1) is 0 Å². The number of benzene rings is 1. The molecule has 2 rings (SSSR count). The minimum absolute atomic E-state index is 0.852. The summed E-state index contributed by atoms with van der Waals surface area (Å²) < 4.78 is 0. The van der Waals surface area contributed by atoms with Crippen LogP contribution in [-0.4, -0.2) is 18.3 Å². The first-order valence-corrected chi connectivity index (χ1v) is 5.36. The molecule has 1 N–H and O–H groups in total. The molecule has 1 nitrogen and oxygen atoms in total. The molecule has 1 aliphatic rings. The maximum absolute atomic E-state index is 3.28. The highest BCUT2D eigenvalue weighted by atomic mass is 32.2. The summed E-state index contributed by atoms with van der Waals surface area (Å²) in [5.74, 6) is 1.16. The van der Waals surface area contributed by atoms with Crippen molar-refractivity contribution in [3.8, 4) is 0 Å². The number of nitrogens with one attached hydrogen (secondary N) is 1. The maximum Gasteiger partial charge on any atom is 0.0300 e. The molecule has 1 aromatic rings. The lowest BCUT2D eigenvalue weighted by molar-refractivity contribution is 0.543. The van der Waals surface area contributed by atoms with Gasteiger partial charge >= 0.3 is 0 Å². The minimum Gasteiger partial charge on any atom is -0.314 e. The van der Waals surface area contributed by atoms with E-state index in [9.17, 15) is 0 Å². The second-order valence-electron chi connectivity index (χ2n) is 3.08. The fourth-order valence-corrected chi connectivity index (χ4v) is 2.26. The monoisotopic (exact) mass is 179 g/mol. The van der Waals surface area contributed by atoms with Gasteiger partial charge in [-0.2, -0.15) is 11.8 Å². The van der Waals surface area contributed by atoms with Gasteiger partial charge in [0, 0.05) is 24.1 Å². The van der Waals surface area contributed by atoms with E-state index >= 15 is 0 Å². The standard InChI is InChI=1S/C10H13NS/c1-2-4-9(5-3-1)8-12-10-6-11-7-10/h1-5,10-11H,6-8H2. The average molecular weight is 179 g/mol.